The number of benzene rings is 1. The molecule has 0 bridgehead atoms. The number of fused-ring (bicyclic) bond motifs is 1. The number of halogens is 9. The predicted octanol–water partition coefficient (Wildman–Crippen LogP) is 4.27. The molecule has 4 nitrogen and oxygen atoms in total. The van der Waals surface area contributed by atoms with Crippen LogP contribution in [0.2, 0.25) is 0 Å². The molecule has 1 aromatic carbocycles. The van der Waals surface area contributed by atoms with Crippen molar-refractivity contribution in [3.05, 3.63) is 41.2 Å². The maximum atomic E-state index is 14.0. The van der Waals surface area contributed by atoms with Gasteiger partial charge in [0.05, 0.1) is 6.61 Å². The second kappa shape index (κ2) is 8.63. The summed E-state index contributed by atoms with van der Waals surface area (Å²) in [6.07, 6.45) is 2.07. The number of rotatable bonds is 3. The summed E-state index contributed by atoms with van der Waals surface area (Å²) in [6.45, 7) is 4.44. The van der Waals surface area contributed by atoms with Gasteiger partial charge in [-0.3, -0.25) is 0 Å². The molecule has 162 valence electrons. The van der Waals surface area contributed by atoms with Crippen molar-refractivity contribution in [3.8, 4) is 5.69 Å². The van der Waals surface area contributed by atoms with Crippen molar-refractivity contribution in [2.24, 2.45) is 5.92 Å². The molecule has 0 saturated carbocycles. The van der Waals surface area contributed by atoms with Gasteiger partial charge in [0.15, 0.2) is 0 Å². The summed E-state index contributed by atoms with van der Waals surface area (Å²) in [5.74, 6) is -9.51. The fourth-order valence-corrected chi connectivity index (χ4v) is 2.73. The molecule has 2 atom stereocenters. The van der Waals surface area contributed by atoms with Crippen LogP contribution in [0.25, 0.3) is 5.69 Å². The van der Waals surface area contributed by atoms with E-state index in [0.29, 0.717) is 17.1 Å². The lowest BCUT2D eigenvalue weighted by molar-refractivity contribution is -0.749. The second-order valence-corrected chi connectivity index (χ2v) is 6.26. The van der Waals surface area contributed by atoms with E-state index < -0.39 is 42.0 Å². The number of nitrogens with zero attached hydrogens (tertiary/aromatic N) is 3. The molecule has 14 heteroatoms. The smallest absolute Gasteiger partial charge is 0.418 e. The zero-order chi connectivity index (χ0) is 22.1. The van der Waals surface area contributed by atoms with Gasteiger partial charge >= 0.3 is 13.1 Å². The Kier molecular flexibility index (Phi) is 6.86. The molecule has 0 amide bonds. The minimum absolute atomic E-state index is 0.0926. The van der Waals surface area contributed by atoms with Crippen LogP contribution in [0.1, 0.15) is 32.1 Å². The fourth-order valence-electron chi connectivity index (χ4n) is 2.73. The average Bonchev–Trinajstić information content (AvgIpc) is 3.06. The van der Waals surface area contributed by atoms with E-state index in [1.54, 1.807) is 4.57 Å². The lowest BCUT2D eigenvalue weighted by Crippen LogP contribution is -2.50. The first-order valence-corrected chi connectivity index (χ1v) is 8.33. The van der Waals surface area contributed by atoms with Crippen molar-refractivity contribution in [3.63, 3.8) is 0 Å². The van der Waals surface area contributed by atoms with Crippen molar-refractivity contribution >= 4 is 7.25 Å². The highest BCUT2D eigenvalue weighted by atomic mass is 19.5. The SMILES string of the molecule is CCC(C)C1COCc2nn(-c3c(F)c(F)c(F)c(F)c3F)c[n+]21.F[B-](F)(F)F. The topological polar surface area (TPSA) is 30.9 Å². The van der Waals surface area contributed by atoms with E-state index in [9.17, 15) is 39.2 Å². The van der Waals surface area contributed by atoms with Crippen molar-refractivity contribution < 1.29 is 48.5 Å². The molecular weight excluding hydrogens is 420 g/mol. The monoisotopic (exact) mass is 435 g/mol. The van der Waals surface area contributed by atoms with Gasteiger partial charge in [0.2, 0.25) is 41.1 Å². The van der Waals surface area contributed by atoms with Gasteiger partial charge in [0.1, 0.15) is 12.6 Å². The molecule has 2 aromatic rings. The first-order chi connectivity index (χ1) is 13.4. The van der Waals surface area contributed by atoms with E-state index in [1.807, 2.05) is 13.8 Å². The Morgan fingerprint density at radius 2 is 1.55 bits per heavy atom. The normalized spacial score (nSPS) is 17.4. The summed E-state index contributed by atoms with van der Waals surface area (Å²) in [6, 6.07) is -0.131. The van der Waals surface area contributed by atoms with Crippen LogP contribution in [0.3, 0.4) is 0 Å². The lowest BCUT2D eigenvalue weighted by Gasteiger charge is -2.24. The minimum atomic E-state index is -6.00. The summed E-state index contributed by atoms with van der Waals surface area (Å²) in [7, 11) is -6.00. The van der Waals surface area contributed by atoms with Gasteiger partial charge in [-0.05, 0) is 5.92 Å². The van der Waals surface area contributed by atoms with Crippen molar-refractivity contribution in [2.75, 3.05) is 6.61 Å². The highest BCUT2D eigenvalue weighted by Crippen LogP contribution is 2.26. The average molecular weight is 435 g/mol. The highest BCUT2D eigenvalue weighted by Gasteiger charge is 2.36. The summed E-state index contributed by atoms with van der Waals surface area (Å²) in [5.41, 5.74) is -1.10. The fraction of sp³-hybridized carbons (Fsp3) is 0.467. The molecule has 0 saturated heterocycles. The molecule has 1 aliphatic heterocycles. The van der Waals surface area contributed by atoms with Crippen LogP contribution in [0.15, 0.2) is 6.33 Å². The molecule has 1 aromatic heterocycles. The molecule has 2 heterocycles. The van der Waals surface area contributed by atoms with Crippen LogP contribution >= 0.6 is 0 Å². The van der Waals surface area contributed by atoms with Crippen molar-refractivity contribution in [2.45, 2.75) is 32.9 Å². The number of hydrogen-bond donors (Lipinski definition) is 0. The Morgan fingerprint density at radius 1 is 1.07 bits per heavy atom. The Balaban J connectivity index is 0.000000537. The molecule has 0 N–H and O–H groups in total. The van der Waals surface area contributed by atoms with Gasteiger partial charge in [-0.25, -0.2) is 17.7 Å². The Bertz CT molecular complexity index is 852. The molecule has 0 fully saturated rings. The van der Waals surface area contributed by atoms with Crippen LogP contribution < -0.4 is 4.57 Å². The number of ether oxygens (including phenoxy) is 1. The molecule has 1 aliphatic rings. The first kappa shape index (κ1) is 23.0. The Morgan fingerprint density at radius 3 is 2.03 bits per heavy atom. The Hall–Kier alpha value is -2.25. The number of hydrogen-bond acceptors (Lipinski definition) is 2. The Labute approximate surface area is 159 Å². The largest absolute Gasteiger partial charge is 0.673 e. The first-order valence-electron chi connectivity index (χ1n) is 8.33. The van der Waals surface area contributed by atoms with E-state index in [2.05, 4.69) is 5.10 Å². The quantitative estimate of drug-likeness (QED) is 0.237. The van der Waals surface area contributed by atoms with Crippen molar-refractivity contribution in [1.82, 2.24) is 9.78 Å². The third-order valence-corrected chi connectivity index (χ3v) is 4.35. The molecule has 2 unspecified atom stereocenters. The van der Waals surface area contributed by atoms with Gasteiger partial charge in [0, 0.05) is 5.10 Å². The van der Waals surface area contributed by atoms with Crippen LogP contribution in [-0.4, -0.2) is 23.6 Å². The molecule has 3 rings (SSSR count). The molecule has 0 aliphatic carbocycles. The summed E-state index contributed by atoms with van der Waals surface area (Å²) in [5, 5.41) is 3.94. The molecule has 0 radical (unpaired) electrons. The van der Waals surface area contributed by atoms with E-state index >= 15 is 0 Å². The van der Waals surface area contributed by atoms with Crippen LogP contribution in [0, 0.1) is 35.0 Å². The van der Waals surface area contributed by atoms with Crippen LogP contribution in [0.4, 0.5) is 39.2 Å². The zero-order valence-electron chi connectivity index (χ0n) is 15.1. The van der Waals surface area contributed by atoms with Crippen molar-refractivity contribution in [1.29, 1.82) is 0 Å². The van der Waals surface area contributed by atoms with E-state index in [1.165, 1.54) is 6.33 Å². The molecule has 29 heavy (non-hydrogen) atoms. The van der Waals surface area contributed by atoms with Gasteiger partial charge in [-0.1, -0.05) is 25.0 Å². The summed E-state index contributed by atoms with van der Waals surface area (Å²) < 4.78 is 115. The zero-order valence-corrected chi connectivity index (χ0v) is 15.1. The maximum absolute atomic E-state index is 14.0. The third-order valence-electron chi connectivity index (χ3n) is 4.35. The standard InChI is InChI=1S/C15H15F5N3O.BF4/c1-3-7(2)8-4-24-5-9-21-23(6-22(8)9)15-13(19)11(17)10(16)12(18)14(15)20;2-1(3,4)5/h6-8H,3-5H2,1-2H3;/q+1;-1. The van der Waals surface area contributed by atoms with Gasteiger partial charge in [-0.2, -0.15) is 8.78 Å². The third kappa shape index (κ3) is 5.03. The van der Waals surface area contributed by atoms with Crippen LogP contribution in [0.5, 0.6) is 0 Å². The van der Waals surface area contributed by atoms with Gasteiger partial charge in [0.25, 0.3) is 0 Å². The predicted molar refractivity (Wildman–Crippen MR) is 81.9 cm³/mol. The van der Waals surface area contributed by atoms with E-state index in [-0.39, 0.29) is 18.6 Å². The van der Waals surface area contributed by atoms with Gasteiger partial charge in [-0.15, -0.1) is 0 Å². The summed E-state index contributed by atoms with van der Waals surface area (Å²) in [4.78, 5) is 0. The number of aromatic nitrogens is 3. The maximum Gasteiger partial charge on any atom is 0.673 e. The highest BCUT2D eigenvalue weighted by molar-refractivity contribution is 6.50. The van der Waals surface area contributed by atoms with Gasteiger partial charge < -0.3 is 22.0 Å². The van der Waals surface area contributed by atoms with E-state index in [4.69, 9.17) is 4.74 Å². The minimum Gasteiger partial charge on any atom is -0.418 e. The molecule has 0 spiro atoms. The van der Waals surface area contributed by atoms with Crippen LogP contribution in [-0.2, 0) is 11.3 Å². The second-order valence-electron chi connectivity index (χ2n) is 6.26. The van der Waals surface area contributed by atoms with E-state index in [0.717, 1.165) is 6.42 Å². The lowest BCUT2D eigenvalue weighted by atomic mass is 9.99. The molecular formula is C15H15BF9N3O. The summed E-state index contributed by atoms with van der Waals surface area (Å²) >= 11 is 0.